The highest BCUT2D eigenvalue weighted by molar-refractivity contribution is 5.95. The van der Waals surface area contributed by atoms with Crippen molar-refractivity contribution in [2.24, 2.45) is 0 Å². The van der Waals surface area contributed by atoms with Gasteiger partial charge in [0, 0.05) is 5.92 Å². The summed E-state index contributed by atoms with van der Waals surface area (Å²) in [6, 6.07) is 6.24. The van der Waals surface area contributed by atoms with Crippen molar-refractivity contribution in [2.75, 3.05) is 20.8 Å². The Hall–Kier alpha value is -3.35. The highest BCUT2D eigenvalue weighted by Crippen LogP contribution is 2.49. The van der Waals surface area contributed by atoms with E-state index in [4.69, 9.17) is 14.2 Å². The quantitative estimate of drug-likeness (QED) is 0.563. The van der Waals surface area contributed by atoms with Crippen molar-refractivity contribution in [1.29, 1.82) is 0 Å². The highest BCUT2D eigenvalue weighted by atomic mass is 16.5. The van der Waals surface area contributed by atoms with Crippen molar-refractivity contribution in [2.45, 2.75) is 12.3 Å². The summed E-state index contributed by atoms with van der Waals surface area (Å²) in [5.74, 6) is -1.36. The molecule has 1 atom stereocenters. The first-order chi connectivity index (χ1) is 12.9. The van der Waals surface area contributed by atoms with Gasteiger partial charge in [0.1, 0.15) is 6.61 Å². The van der Waals surface area contributed by atoms with Crippen LogP contribution in [-0.4, -0.2) is 42.1 Å². The Bertz CT molecular complexity index is 990. The number of rotatable bonds is 3. The Morgan fingerprint density at radius 3 is 2.44 bits per heavy atom. The van der Waals surface area contributed by atoms with Gasteiger partial charge in [-0.15, -0.1) is 0 Å². The number of ether oxygens (including phenoxy) is 3. The monoisotopic (exact) mass is 370 g/mol. The number of hydrogen-bond acceptors (Lipinski definition) is 7. The van der Waals surface area contributed by atoms with E-state index in [-0.39, 0.29) is 29.6 Å². The summed E-state index contributed by atoms with van der Waals surface area (Å²) in [4.78, 5) is 12.4. The third kappa shape index (κ3) is 2.54. The number of aromatic hydroxyl groups is 3. The molecule has 4 rings (SSSR count). The first kappa shape index (κ1) is 17.1. The summed E-state index contributed by atoms with van der Waals surface area (Å²) in [5.41, 5.74) is 3.46. The number of phenolic OH excluding ortho intramolecular Hbond substituents is 3. The van der Waals surface area contributed by atoms with Gasteiger partial charge >= 0.3 is 5.97 Å². The van der Waals surface area contributed by atoms with Gasteiger partial charge in [0.25, 0.3) is 0 Å². The van der Waals surface area contributed by atoms with Crippen LogP contribution in [0.1, 0.15) is 22.6 Å². The molecule has 27 heavy (non-hydrogen) atoms. The van der Waals surface area contributed by atoms with Gasteiger partial charge in [-0.25, -0.2) is 4.79 Å². The molecule has 2 aliphatic rings. The largest absolute Gasteiger partial charge is 0.504 e. The standard InChI is InChI=1S/C20H18O7/c1-25-15-5-9-3-11-8-27-20(24)18(11)17(12(9)7-13(15)21)10-4-14(22)19(23)16(6-10)26-2/h4-7,17,21-23H,3,8H2,1-2H3/t17-/m0/s1. The van der Waals surface area contributed by atoms with Gasteiger partial charge in [-0.3, -0.25) is 0 Å². The minimum atomic E-state index is -0.573. The number of carbonyl (C=O) groups excluding carboxylic acids is 1. The zero-order valence-corrected chi connectivity index (χ0v) is 14.8. The Morgan fingerprint density at radius 1 is 1.00 bits per heavy atom. The van der Waals surface area contributed by atoms with Gasteiger partial charge in [0.05, 0.1) is 19.8 Å². The maximum atomic E-state index is 12.4. The number of cyclic esters (lactones) is 1. The molecular formula is C20H18O7. The van der Waals surface area contributed by atoms with E-state index in [1.165, 1.54) is 20.3 Å². The fraction of sp³-hybridized carbons (Fsp3) is 0.250. The molecule has 1 heterocycles. The minimum absolute atomic E-state index is 0.0494. The second kappa shape index (κ2) is 6.12. The summed E-state index contributed by atoms with van der Waals surface area (Å²) in [6.45, 7) is 0.203. The molecule has 0 unspecified atom stereocenters. The van der Waals surface area contributed by atoms with Gasteiger partial charge in [-0.05, 0) is 52.9 Å². The number of fused-ring (bicyclic) bond motifs is 1. The Labute approximate surface area is 155 Å². The predicted octanol–water partition coefficient (Wildman–Crippen LogP) is 2.36. The van der Waals surface area contributed by atoms with E-state index in [0.717, 1.165) is 11.1 Å². The maximum absolute atomic E-state index is 12.4. The minimum Gasteiger partial charge on any atom is -0.504 e. The number of phenols is 3. The van der Waals surface area contributed by atoms with Gasteiger partial charge in [0.15, 0.2) is 23.0 Å². The van der Waals surface area contributed by atoms with Crippen LogP contribution in [0.4, 0.5) is 0 Å². The van der Waals surface area contributed by atoms with Crippen LogP contribution in [0.3, 0.4) is 0 Å². The van der Waals surface area contributed by atoms with Crippen LogP contribution in [0.2, 0.25) is 0 Å². The summed E-state index contributed by atoms with van der Waals surface area (Å²) in [5, 5.41) is 30.3. The average Bonchev–Trinajstić information content (AvgIpc) is 3.02. The molecule has 1 aliphatic carbocycles. The number of esters is 1. The van der Waals surface area contributed by atoms with Crippen LogP contribution in [0, 0.1) is 0 Å². The molecule has 7 heteroatoms. The first-order valence-electron chi connectivity index (χ1n) is 8.33. The molecule has 0 bridgehead atoms. The molecule has 0 saturated carbocycles. The number of hydrogen-bond donors (Lipinski definition) is 3. The van der Waals surface area contributed by atoms with E-state index >= 15 is 0 Å². The van der Waals surface area contributed by atoms with Crippen molar-refractivity contribution in [3.05, 3.63) is 52.1 Å². The van der Waals surface area contributed by atoms with Gasteiger partial charge in [-0.1, -0.05) is 0 Å². The Balaban J connectivity index is 1.97. The Kier molecular flexibility index (Phi) is 3.87. The van der Waals surface area contributed by atoms with E-state index in [2.05, 4.69) is 0 Å². The molecule has 140 valence electrons. The topological polar surface area (TPSA) is 105 Å². The molecule has 0 radical (unpaired) electrons. The molecule has 2 aromatic carbocycles. The number of benzene rings is 2. The first-order valence-corrected chi connectivity index (χ1v) is 8.33. The molecule has 2 aromatic rings. The lowest BCUT2D eigenvalue weighted by molar-refractivity contribution is -0.136. The lowest BCUT2D eigenvalue weighted by atomic mass is 9.75. The molecule has 0 spiro atoms. The average molecular weight is 370 g/mol. The summed E-state index contributed by atoms with van der Waals surface area (Å²) >= 11 is 0. The highest BCUT2D eigenvalue weighted by Gasteiger charge is 2.39. The predicted molar refractivity (Wildman–Crippen MR) is 94.5 cm³/mol. The molecule has 0 amide bonds. The van der Waals surface area contributed by atoms with E-state index in [1.54, 1.807) is 18.2 Å². The third-order valence-corrected chi connectivity index (χ3v) is 5.05. The Morgan fingerprint density at radius 2 is 1.74 bits per heavy atom. The van der Waals surface area contributed by atoms with Crippen LogP contribution < -0.4 is 9.47 Å². The van der Waals surface area contributed by atoms with Crippen molar-refractivity contribution in [3.63, 3.8) is 0 Å². The van der Waals surface area contributed by atoms with Gasteiger partial charge in [-0.2, -0.15) is 0 Å². The second-order valence-electron chi connectivity index (χ2n) is 6.52. The summed E-state index contributed by atoms with van der Waals surface area (Å²) in [6.07, 6.45) is 0.505. The van der Waals surface area contributed by atoms with Crippen LogP contribution in [0.5, 0.6) is 28.7 Å². The lowest BCUT2D eigenvalue weighted by Crippen LogP contribution is -2.18. The summed E-state index contributed by atoms with van der Waals surface area (Å²) in [7, 11) is 2.84. The van der Waals surface area contributed by atoms with Crippen LogP contribution >= 0.6 is 0 Å². The molecule has 0 saturated heterocycles. The molecule has 0 fully saturated rings. The van der Waals surface area contributed by atoms with E-state index in [9.17, 15) is 20.1 Å². The normalized spacial score (nSPS) is 18.0. The molecule has 0 aromatic heterocycles. The van der Waals surface area contributed by atoms with E-state index in [0.29, 0.717) is 28.9 Å². The number of methoxy groups -OCH3 is 2. The maximum Gasteiger partial charge on any atom is 0.335 e. The SMILES string of the molecule is COc1cc2c(cc1O)[C@H](c1cc(O)c(O)c(OC)c1)C1=C(COC1=O)C2. The zero-order valence-electron chi connectivity index (χ0n) is 14.8. The van der Waals surface area contributed by atoms with Crippen molar-refractivity contribution in [3.8, 4) is 28.7 Å². The van der Waals surface area contributed by atoms with Gasteiger partial charge < -0.3 is 29.5 Å². The third-order valence-electron chi connectivity index (χ3n) is 5.05. The molecule has 1 aliphatic heterocycles. The van der Waals surface area contributed by atoms with Crippen LogP contribution in [0.15, 0.2) is 35.4 Å². The van der Waals surface area contributed by atoms with Crippen molar-refractivity contribution >= 4 is 5.97 Å². The number of carbonyl (C=O) groups is 1. The van der Waals surface area contributed by atoms with E-state index < -0.39 is 11.9 Å². The van der Waals surface area contributed by atoms with Crippen molar-refractivity contribution < 1.29 is 34.3 Å². The molecule has 3 N–H and O–H groups in total. The van der Waals surface area contributed by atoms with Crippen molar-refractivity contribution in [1.82, 2.24) is 0 Å². The zero-order chi connectivity index (χ0) is 19.3. The molecule has 7 nitrogen and oxygen atoms in total. The van der Waals surface area contributed by atoms with Crippen LogP contribution in [0.25, 0.3) is 0 Å². The molecular weight excluding hydrogens is 352 g/mol. The fourth-order valence-electron chi connectivity index (χ4n) is 3.80. The fourth-order valence-corrected chi connectivity index (χ4v) is 3.80. The van der Waals surface area contributed by atoms with Crippen LogP contribution in [-0.2, 0) is 16.0 Å². The lowest BCUT2D eigenvalue weighted by Gasteiger charge is -2.27. The smallest absolute Gasteiger partial charge is 0.335 e. The van der Waals surface area contributed by atoms with Gasteiger partial charge in [0.2, 0.25) is 5.75 Å². The second-order valence-corrected chi connectivity index (χ2v) is 6.52. The summed E-state index contributed by atoms with van der Waals surface area (Å²) < 4.78 is 15.6. The van der Waals surface area contributed by atoms with E-state index in [1.807, 2.05) is 0 Å².